The van der Waals surface area contributed by atoms with Crippen LogP contribution in [-0.4, -0.2) is 16.4 Å². The summed E-state index contributed by atoms with van der Waals surface area (Å²) in [6.07, 6.45) is 1.62. The van der Waals surface area contributed by atoms with E-state index in [9.17, 15) is 0 Å². The highest BCUT2D eigenvalue weighted by atomic mass is 15.1. The van der Waals surface area contributed by atoms with E-state index in [0.29, 0.717) is 0 Å². The van der Waals surface area contributed by atoms with Gasteiger partial charge in [-0.25, -0.2) is 10.5 Å². The van der Waals surface area contributed by atoms with Crippen molar-refractivity contribution in [3.63, 3.8) is 0 Å². The van der Waals surface area contributed by atoms with Crippen molar-refractivity contribution >= 4 is 17.1 Å². The molecule has 0 fully saturated rings. The Hall–Kier alpha value is -2.86. The van der Waals surface area contributed by atoms with E-state index < -0.39 is 0 Å². The minimum absolute atomic E-state index is 0.986. The lowest BCUT2D eigenvalue weighted by molar-refractivity contribution is 1.07. The zero-order valence-electron chi connectivity index (χ0n) is 9.33. The van der Waals surface area contributed by atoms with Gasteiger partial charge in [-0.05, 0) is 24.6 Å². The summed E-state index contributed by atoms with van der Waals surface area (Å²) in [6.45, 7) is 8.96. The Labute approximate surface area is 99.0 Å². The van der Waals surface area contributed by atoms with Crippen LogP contribution in [0, 0.1) is 30.6 Å². The third-order valence-corrected chi connectivity index (χ3v) is 2.00. The van der Waals surface area contributed by atoms with E-state index >= 15 is 0 Å². The average molecular weight is 228 g/mol. The van der Waals surface area contributed by atoms with E-state index in [1.165, 1.54) is 0 Å². The van der Waals surface area contributed by atoms with Crippen LogP contribution in [0.4, 0.5) is 0 Å². The molecule has 0 spiro atoms. The number of aryl methyl sites for hydroxylation is 1. The van der Waals surface area contributed by atoms with Crippen LogP contribution in [0.15, 0.2) is 23.3 Å². The second-order valence-electron chi connectivity index (χ2n) is 2.89. The summed E-state index contributed by atoms with van der Waals surface area (Å²) >= 11 is 0. The van der Waals surface area contributed by atoms with Crippen molar-refractivity contribution in [1.82, 2.24) is 10.2 Å². The minimum Gasteiger partial charge on any atom is -0.323 e. The van der Waals surface area contributed by atoms with Gasteiger partial charge in [0.05, 0.1) is 17.4 Å². The molecule has 0 aliphatic heterocycles. The molecule has 6 nitrogen and oxygen atoms in total. The third kappa shape index (κ3) is 3.33. The number of aromatic amines is 1. The Morgan fingerprint density at radius 1 is 1.35 bits per heavy atom. The van der Waals surface area contributed by atoms with Crippen LogP contribution in [0.2, 0.25) is 0 Å². The zero-order valence-corrected chi connectivity index (χ0v) is 9.33. The Balaban J connectivity index is 0.000000581. The SMILES string of the molecule is C#N.C#N.Cc1n[nH]c2ccc(C=NN)cc12. The maximum absolute atomic E-state index is 6.50. The minimum atomic E-state index is 0.986. The Bertz CT molecular complexity index is 528. The van der Waals surface area contributed by atoms with Crippen molar-refractivity contribution in [2.45, 2.75) is 6.92 Å². The lowest BCUT2D eigenvalue weighted by Gasteiger charge is -1.92. The highest BCUT2D eigenvalue weighted by Gasteiger charge is 2.00. The molecule has 1 heterocycles. The first kappa shape index (κ1) is 14.1. The molecule has 0 atom stereocenters. The van der Waals surface area contributed by atoms with Crippen molar-refractivity contribution in [3.05, 3.63) is 29.5 Å². The number of hydrazone groups is 1. The van der Waals surface area contributed by atoms with Gasteiger partial charge in [0.25, 0.3) is 0 Å². The third-order valence-electron chi connectivity index (χ3n) is 2.00. The van der Waals surface area contributed by atoms with Crippen LogP contribution in [-0.2, 0) is 0 Å². The summed E-state index contributed by atoms with van der Waals surface area (Å²) in [5, 5.41) is 24.6. The molecule has 1 aromatic carbocycles. The van der Waals surface area contributed by atoms with Crippen molar-refractivity contribution in [2.24, 2.45) is 10.9 Å². The van der Waals surface area contributed by atoms with Crippen LogP contribution in [0.1, 0.15) is 11.3 Å². The largest absolute Gasteiger partial charge is 0.323 e. The first-order valence-electron chi connectivity index (χ1n) is 4.51. The van der Waals surface area contributed by atoms with E-state index in [1.807, 2.05) is 25.1 Å². The molecular weight excluding hydrogens is 216 g/mol. The molecule has 0 aliphatic rings. The standard InChI is InChI=1S/C9H10N4.2CHN/c1-6-8-4-7(5-11-10)2-3-9(8)13-12-6;2*1-2/h2-5H,10H2,1H3,(H,12,13);2*1H. The molecule has 0 aliphatic carbocycles. The fraction of sp³-hybridized carbons (Fsp3) is 0.0909. The quantitative estimate of drug-likeness (QED) is 0.436. The van der Waals surface area contributed by atoms with Crippen LogP contribution in [0.3, 0.4) is 0 Å². The van der Waals surface area contributed by atoms with Gasteiger partial charge in [0.15, 0.2) is 0 Å². The molecule has 6 heteroatoms. The predicted molar refractivity (Wildman–Crippen MR) is 66.0 cm³/mol. The zero-order chi connectivity index (χ0) is 13.3. The number of nitrogens with zero attached hydrogens (tertiary/aromatic N) is 4. The first-order valence-corrected chi connectivity index (χ1v) is 4.51. The van der Waals surface area contributed by atoms with Gasteiger partial charge in [0.1, 0.15) is 0 Å². The summed E-state index contributed by atoms with van der Waals surface area (Å²) in [7, 11) is 0. The summed E-state index contributed by atoms with van der Waals surface area (Å²) in [4.78, 5) is 0. The maximum Gasteiger partial charge on any atom is 0.0670 e. The van der Waals surface area contributed by atoms with E-state index in [2.05, 4.69) is 28.4 Å². The molecule has 17 heavy (non-hydrogen) atoms. The molecule has 0 amide bonds. The van der Waals surface area contributed by atoms with E-state index in [0.717, 1.165) is 22.2 Å². The number of hydrogen-bond donors (Lipinski definition) is 2. The number of aromatic nitrogens is 2. The maximum atomic E-state index is 6.50. The molecule has 86 valence electrons. The number of nitrogens with one attached hydrogen (secondary N) is 1. The normalized spacial score (nSPS) is 9.00. The molecule has 0 bridgehead atoms. The van der Waals surface area contributed by atoms with Gasteiger partial charge >= 0.3 is 0 Å². The van der Waals surface area contributed by atoms with Crippen LogP contribution in [0.5, 0.6) is 0 Å². The highest BCUT2D eigenvalue weighted by molar-refractivity contribution is 5.89. The second kappa shape index (κ2) is 7.43. The average Bonchev–Trinajstić information content (AvgIpc) is 2.77. The second-order valence-corrected chi connectivity index (χ2v) is 2.89. The molecule has 2 aromatic rings. The summed E-state index contributed by atoms with van der Waals surface area (Å²) in [6, 6.07) is 5.91. The van der Waals surface area contributed by atoms with E-state index in [4.69, 9.17) is 16.4 Å². The predicted octanol–water partition coefficient (Wildman–Crippen LogP) is 1.44. The topological polar surface area (TPSA) is 115 Å². The van der Waals surface area contributed by atoms with Crippen LogP contribution < -0.4 is 5.84 Å². The van der Waals surface area contributed by atoms with Gasteiger partial charge in [-0.1, -0.05) is 6.07 Å². The van der Waals surface area contributed by atoms with Gasteiger partial charge in [0.2, 0.25) is 0 Å². The van der Waals surface area contributed by atoms with Crippen molar-refractivity contribution in [2.75, 3.05) is 0 Å². The molecule has 2 rings (SSSR count). The fourth-order valence-electron chi connectivity index (χ4n) is 1.33. The fourth-order valence-corrected chi connectivity index (χ4v) is 1.33. The number of fused-ring (bicyclic) bond motifs is 1. The van der Waals surface area contributed by atoms with E-state index in [1.54, 1.807) is 6.21 Å². The lowest BCUT2D eigenvalue weighted by Crippen LogP contribution is -1.85. The number of H-pyrrole nitrogens is 1. The number of nitriles is 2. The highest BCUT2D eigenvalue weighted by Crippen LogP contribution is 2.15. The summed E-state index contributed by atoms with van der Waals surface area (Å²) in [5.74, 6) is 5.06. The number of rotatable bonds is 1. The summed E-state index contributed by atoms with van der Waals surface area (Å²) < 4.78 is 0. The Morgan fingerprint density at radius 2 is 2.00 bits per heavy atom. The van der Waals surface area contributed by atoms with E-state index in [-0.39, 0.29) is 0 Å². The number of hydrogen-bond acceptors (Lipinski definition) is 5. The molecule has 0 unspecified atom stereocenters. The van der Waals surface area contributed by atoms with Crippen LogP contribution in [0.25, 0.3) is 10.9 Å². The Morgan fingerprint density at radius 3 is 2.59 bits per heavy atom. The molecule has 1 aromatic heterocycles. The van der Waals surface area contributed by atoms with Gasteiger partial charge in [-0.15, -0.1) is 0 Å². The first-order chi connectivity index (χ1) is 8.31. The number of nitrogens with two attached hydrogens (primary N) is 1. The number of benzene rings is 1. The van der Waals surface area contributed by atoms with Gasteiger partial charge in [0, 0.05) is 18.5 Å². The van der Waals surface area contributed by atoms with Gasteiger partial charge < -0.3 is 5.84 Å². The van der Waals surface area contributed by atoms with Gasteiger partial charge in [-0.3, -0.25) is 5.10 Å². The molecular formula is C11H12N6. The summed E-state index contributed by atoms with van der Waals surface area (Å²) in [5.41, 5.74) is 3.01. The van der Waals surface area contributed by atoms with Crippen molar-refractivity contribution in [1.29, 1.82) is 10.5 Å². The molecule has 0 radical (unpaired) electrons. The van der Waals surface area contributed by atoms with Crippen LogP contribution >= 0.6 is 0 Å². The smallest absolute Gasteiger partial charge is 0.0670 e. The van der Waals surface area contributed by atoms with Gasteiger partial charge in [-0.2, -0.15) is 10.2 Å². The monoisotopic (exact) mass is 228 g/mol. The Kier molecular flexibility index (Phi) is 6.18. The van der Waals surface area contributed by atoms with Crippen molar-refractivity contribution in [3.8, 4) is 13.1 Å². The molecule has 3 N–H and O–H groups in total. The molecule has 0 saturated heterocycles. The molecule has 0 saturated carbocycles. The lowest BCUT2D eigenvalue weighted by atomic mass is 10.1. The van der Waals surface area contributed by atoms with Crippen molar-refractivity contribution < 1.29 is 0 Å².